The maximum atomic E-state index is 5.60. The van der Waals surface area contributed by atoms with E-state index < -0.39 is 0 Å². The van der Waals surface area contributed by atoms with Crippen molar-refractivity contribution in [1.29, 1.82) is 0 Å². The Hall–Kier alpha value is -1.61. The summed E-state index contributed by atoms with van der Waals surface area (Å²) in [6, 6.07) is 8.12. The number of benzene rings is 1. The van der Waals surface area contributed by atoms with Crippen molar-refractivity contribution in [1.82, 2.24) is 4.98 Å². The van der Waals surface area contributed by atoms with E-state index in [1.165, 1.54) is 5.56 Å². The van der Waals surface area contributed by atoms with Gasteiger partial charge in [0.05, 0.1) is 7.11 Å². The Morgan fingerprint density at radius 2 is 2.06 bits per heavy atom. The zero-order chi connectivity index (χ0) is 11.5. The minimum Gasteiger partial charge on any atom is -0.494 e. The Labute approximate surface area is 95.2 Å². The zero-order valence-electron chi connectivity index (χ0n) is 9.66. The monoisotopic (exact) mass is 216 g/mol. The van der Waals surface area contributed by atoms with E-state index >= 15 is 0 Å². The fourth-order valence-electron chi connectivity index (χ4n) is 1.89. The van der Waals surface area contributed by atoms with E-state index in [-0.39, 0.29) is 0 Å². The minimum absolute atomic E-state index is 0.648. The summed E-state index contributed by atoms with van der Waals surface area (Å²) in [5.41, 5.74) is 8.75. The van der Waals surface area contributed by atoms with Gasteiger partial charge in [0.15, 0.2) is 0 Å². The molecule has 0 radical (unpaired) electrons. The first kappa shape index (κ1) is 10.9. The van der Waals surface area contributed by atoms with Crippen LogP contribution < -0.4 is 10.5 Å². The number of aromatic nitrogens is 1. The summed E-state index contributed by atoms with van der Waals surface area (Å²) in [5.74, 6) is 0.819. The molecular weight excluding hydrogens is 200 g/mol. The van der Waals surface area contributed by atoms with E-state index in [9.17, 15) is 0 Å². The molecule has 0 aliphatic rings. The van der Waals surface area contributed by atoms with Gasteiger partial charge >= 0.3 is 0 Å². The average molecular weight is 216 g/mol. The van der Waals surface area contributed by atoms with E-state index in [4.69, 9.17) is 10.5 Å². The second-order valence-corrected chi connectivity index (χ2v) is 3.81. The van der Waals surface area contributed by atoms with E-state index in [0.717, 1.165) is 28.8 Å². The SMILES string of the molecule is COc1ccc(CCN)c2ccc(C)nc12. The predicted octanol–water partition coefficient (Wildman–Crippen LogP) is 2.05. The molecule has 2 N–H and O–H groups in total. The number of methoxy groups -OCH3 is 1. The van der Waals surface area contributed by atoms with Crippen LogP contribution in [0.15, 0.2) is 24.3 Å². The van der Waals surface area contributed by atoms with Crippen molar-refractivity contribution in [2.24, 2.45) is 5.73 Å². The van der Waals surface area contributed by atoms with E-state index in [1.54, 1.807) is 7.11 Å². The summed E-state index contributed by atoms with van der Waals surface area (Å²) in [4.78, 5) is 4.52. The number of rotatable bonds is 3. The largest absolute Gasteiger partial charge is 0.494 e. The molecule has 0 atom stereocenters. The number of hydrogen-bond donors (Lipinski definition) is 1. The normalized spacial score (nSPS) is 10.7. The molecule has 0 fully saturated rings. The number of aryl methyl sites for hydroxylation is 1. The van der Waals surface area contributed by atoms with Crippen LogP contribution in [-0.4, -0.2) is 18.6 Å². The van der Waals surface area contributed by atoms with Gasteiger partial charge < -0.3 is 10.5 Å². The van der Waals surface area contributed by atoms with Gasteiger partial charge in [-0.3, -0.25) is 0 Å². The fraction of sp³-hybridized carbons (Fsp3) is 0.308. The van der Waals surface area contributed by atoms with Crippen LogP contribution in [0.3, 0.4) is 0 Å². The summed E-state index contributed by atoms with van der Waals surface area (Å²) < 4.78 is 5.32. The number of nitrogens with zero attached hydrogens (tertiary/aromatic N) is 1. The Kier molecular flexibility index (Phi) is 3.06. The predicted molar refractivity (Wildman–Crippen MR) is 65.8 cm³/mol. The first-order valence-corrected chi connectivity index (χ1v) is 5.39. The lowest BCUT2D eigenvalue weighted by Gasteiger charge is -2.09. The van der Waals surface area contributed by atoms with Gasteiger partial charge in [0.2, 0.25) is 0 Å². The first-order valence-electron chi connectivity index (χ1n) is 5.39. The van der Waals surface area contributed by atoms with E-state index in [0.29, 0.717) is 6.54 Å². The van der Waals surface area contributed by atoms with Gasteiger partial charge in [0.1, 0.15) is 11.3 Å². The molecule has 3 heteroatoms. The van der Waals surface area contributed by atoms with Crippen LogP contribution in [0.4, 0.5) is 0 Å². The molecule has 0 unspecified atom stereocenters. The van der Waals surface area contributed by atoms with Crippen LogP contribution in [-0.2, 0) is 6.42 Å². The molecule has 1 heterocycles. The van der Waals surface area contributed by atoms with Crippen molar-refractivity contribution < 1.29 is 4.74 Å². The molecule has 16 heavy (non-hydrogen) atoms. The highest BCUT2D eigenvalue weighted by atomic mass is 16.5. The summed E-state index contributed by atoms with van der Waals surface area (Å²) in [5, 5.41) is 1.13. The highest BCUT2D eigenvalue weighted by Crippen LogP contribution is 2.27. The molecule has 2 aromatic rings. The molecule has 0 aliphatic carbocycles. The molecular formula is C13H16N2O. The smallest absolute Gasteiger partial charge is 0.145 e. The summed E-state index contributed by atoms with van der Waals surface area (Å²) >= 11 is 0. The molecule has 0 aliphatic heterocycles. The summed E-state index contributed by atoms with van der Waals surface area (Å²) in [6.07, 6.45) is 0.866. The van der Waals surface area contributed by atoms with Gasteiger partial charge in [-0.2, -0.15) is 0 Å². The van der Waals surface area contributed by atoms with Crippen LogP contribution in [0.1, 0.15) is 11.3 Å². The molecule has 0 saturated heterocycles. The van der Waals surface area contributed by atoms with Crippen LogP contribution >= 0.6 is 0 Å². The Morgan fingerprint density at radius 3 is 2.75 bits per heavy atom. The number of hydrogen-bond acceptors (Lipinski definition) is 3. The molecule has 84 valence electrons. The van der Waals surface area contributed by atoms with Crippen molar-refractivity contribution in [3.63, 3.8) is 0 Å². The number of pyridine rings is 1. The van der Waals surface area contributed by atoms with Gasteiger partial charge in [-0.05, 0) is 37.6 Å². The van der Waals surface area contributed by atoms with Gasteiger partial charge in [-0.25, -0.2) is 4.98 Å². The summed E-state index contributed by atoms with van der Waals surface area (Å²) in [6.45, 7) is 2.63. The van der Waals surface area contributed by atoms with Crippen molar-refractivity contribution in [3.05, 3.63) is 35.5 Å². The molecule has 0 saturated carbocycles. The highest BCUT2D eigenvalue weighted by molar-refractivity contribution is 5.87. The zero-order valence-corrected chi connectivity index (χ0v) is 9.66. The quantitative estimate of drug-likeness (QED) is 0.854. The van der Waals surface area contributed by atoms with Crippen LogP contribution in [0.2, 0.25) is 0 Å². The molecule has 3 nitrogen and oxygen atoms in total. The van der Waals surface area contributed by atoms with Gasteiger partial charge in [0.25, 0.3) is 0 Å². The molecule has 0 spiro atoms. The lowest BCUT2D eigenvalue weighted by molar-refractivity contribution is 0.418. The number of fused-ring (bicyclic) bond motifs is 1. The topological polar surface area (TPSA) is 48.1 Å². The first-order chi connectivity index (χ1) is 7.76. The van der Waals surface area contributed by atoms with Gasteiger partial charge in [-0.15, -0.1) is 0 Å². The van der Waals surface area contributed by atoms with E-state index in [1.807, 2.05) is 19.1 Å². The summed E-state index contributed by atoms with van der Waals surface area (Å²) in [7, 11) is 1.67. The second kappa shape index (κ2) is 4.49. The molecule has 0 amide bonds. The Balaban J connectivity index is 2.69. The average Bonchev–Trinajstić information content (AvgIpc) is 2.29. The second-order valence-electron chi connectivity index (χ2n) is 3.81. The lowest BCUT2D eigenvalue weighted by Crippen LogP contribution is -2.03. The maximum absolute atomic E-state index is 5.60. The number of nitrogens with two attached hydrogens (primary N) is 1. The number of ether oxygens (including phenoxy) is 1. The molecule has 1 aromatic carbocycles. The van der Waals surface area contributed by atoms with Crippen LogP contribution in [0.5, 0.6) is 5.75 Å². The molecule has 1 aromatic heterocycles. The van der Waals surface area contributed by atoms with E-state index in [2.05, 4.69) is 17.1 Å². The van der Waals surface area contributed by atoms with Crippen molar-refractivity contribution in [2.75, 3.05) is 13.7 Å². The Morgan fingerprint density at radius 1 is 1.25 bits per heavy atom. The van der Waals surface area contributed by atoms with Crippen molar-refractivity contribution >= 4 is 10.9 Å². The third-order valence-corrected chi connectivity index (χ3v) is 2.68. The van der Waals surface area contributed by atoms with Crippen molar-refractivity contribution in [2.45, 2.75) is 13.3 Å². The fourth-order valence-corrected chi connectivity index (χ4v) is 1.89. The molecule has 0 bridgehead atoms. The van der Waals surface area contributed by atoms with Gasteiger partial charge in [-0.1, -0.05) is 12.1 Å². The lowest BCUT2D eigenvalue weighted by atomic mass is 10.0. The molecule has 2 rings (SSSR count). The Bertz CT molecular complexity index is 509. The maximum Gasteiger partial charge on any atom is 0.145 e. The van der Waals surface area contributed by atoms with Crippen LogP contribution in [0, 0.1) is 6.92 Å². The van der Waals surface area contributed by atoms with Crippen molar-refractivity contribution in [3.8, 4) is 5.75 Å². The van der Waals surface area contributed by atoms with Gasteiger partial charge in [0, 0.05) is 11.1 Å². The highest BCUT2D eigenvalue weighted by Gasteiger charge is 2.07. The van der Waals surface area contributed by atoms with Crippen LogP contribution in [0.25, 0.3) is 10.9 Å². The standard InChI is InChI=1S/C13H16N2O/c1-9-3-5-11-10(7-8-14)4-6-12(16-2)13(11)15-9/h3-6H,7-8,14H2,1-2H3. The third-order valence-electron chi connectivity index (χ3n) is 2.68. The minimum atomic E-state index is 0.648. The third kappa shape index (κ3) is 1.86.